The highest BCUT2D eigenvalue weighted by atomic mass is 16.6. The smallest absolute Gasteiger partial charge is 0.320 e. The molecule has 0 bridgehead atoms. The second-order valence-electron chi connectivity index (χ2n) is 19.7. The number of carbonyl (C=O) groups is 2. The molecule has 290 valence electrons. The highest BCUT2D eigenvalue weighted by Gasteiger charge is 2.51. The molecule has 4 rings (SSSR count). The van der Waals surface area contributed by atoms with Crippen molar-refractivity contribution in [3.63, 3.8) is 0 Å². The van der Waals surface area contributed by atoms with Gasteiger partial charge in [-0.25, -0.2) is 0 Å². The molecule has 50 heavy (non-hydrogen) atoms. The fourth-order valence-corrected chi connectivity index (χ4v) is 11.7. The van der Waals surface area contributed by atoms with Gasteiger partial charge in [0.25, 0.3) is 0 Å². The molecule has 0 aromatic heterocycles. The van der Waals surface area contributed by atoms with Gasteiger partial charge in [0, 0.05) is 59.9 Å². The summed E-state index contributed by atoms with van der Waals surface area (Å²) < 4.78 is 12.8. The first-order valence-electron chi connectivity index (χ1n) is 21.6. The molecule has 2 aliphatic carbocycles. The van der Waals surface area contributed by atoms with Gasteiger partial charge in [-0.05, 0) is 87.5 Å². The molecule has 0 amide bonds. The molecule has 4 fully saturated rings. The van der Waals surface area contributed by atoms with Crippen LogP contribution in [-0.4, -0.2) is 68.2 Å². The van der Waals surface area contributed by atoms with E-state index in [1.54, 1.807) is 0 Å². The lowest BCUT2D eigenvalue weighted by Gasteiger charge is -2.58. The normalized spacial score (nSPS) is 26.4. The van der Waals surface area contributed by atoms with E-state index in [2.05, 4.69) is 72.1 Å². The van der Waals surface area contributed by atoms with Gasteiger partial charge in [-0.2, -0.15) is 0 Å². The maximum Gasteiger partial charge on any atom is 0.320 e. The quantitative estimate of drug-likeness (QED) is 0.115. The molecule has 2 aliphatic heterocycles. The van der Waals surface area contributed by atoms with Crippen LogP contribution in [0.25, 0.3) is 0 Å². The van der Waals surface area contributed by atoms with Crippen molar-refractivity contribution in [3.8, 4) is 0 Å². The molecular weight excluding hydrogens is 620 g/mol. The average molecular weight is 701 g/mol. The van der Waals surface area contributed by atoms with Gasteiger partial charge in [-0.1, -0.05) is 103 Å². The third-order valence-corrected chi connectivity index (χ3v) is 13.1. The van der Waals surface area contributed by atoms with Crippen molar-refractivity contribution in [2.75, 3.05) is 0 Å². The zero-order valence-corrected chi connectivity index (χ0v) is 34.4. The summed E-state index contributed by atoms with van der Waals surface area (Å²) in [7, 11) is 0. The maximum absolute atomic E-state index is 14.1. The lowest BCUT2D eigenvalue weighted by atomic mass is 9.75. The molecule has 0 spiro atoms. The van der Waals surface area contributed by atoms with Gasteiger partial charge in [-0.15, -0.1) is 0 Å². The predicted octanol–water partition coefficient (Wildman–Crippen LogP) is 11.3. The van der Waals surface area contributed by atoms with E-state index in [1.807, 2.05) is 0 Å². The molecule has 0 aromatic carbocycles. The van der Waals surface area contributed by atoms with Gasteiger partial charge in [0.2, 0.25) is 0 Å². The predicted molar refractivity (Wildman–Crippen MR) is 207 cm³/mol. The molecule has 0 aromatic rings. The van der Waals surface area contributed by atoms with Crippen molar-refractivity contribution in [2.45, 2.75) is 263 Å². The van der Waals surface area contributed by atoms with Gasteiger partial charge in [0.1, 0.15) is 12.2 Å². The van der Waals surface area contributed by atoms with Crippen LogP contribution in [0.3, 0.4) is 0 Å². The summed E-state index contributed by atoms with van der Waals surface area (Å²) in [5.41, 5.74) is -0.356. The molecule has 6 heteroatoms. The minimum Gasteiger partial charge on any atom is -0.462 e. The van der Waals surface area contributed by atoms with Gasteiger partial charge in [0.15, 0.2) is 5.92 Å². The minimum atomic E-state index is -0.846. The second-order valence-corrected chi connectivity index (χ2v) is 19.7. The van der Waals surface area contributed by atoms with Crippen molar-refractivity contribution in [2.24, 2.45) is 5.92 Å². The zero-order chi connectivity index (χ0) is 36.6. The van der Waals surface area contributed by atoms with E-state index in [4.69, 9.17) is 9.47 Å². The van der Waals surface area contributed by atoms with Crippen molar-refractivity contribution in [3.05, 3.63) is 0 Å². The Labute approximate surface area is 308 Å². The molecule has 0 radical (unpaired) electrons. The third-order valence-electron chi connectivity index (χ3n) is 13.1. The van der Waals surface area contributed by atoms with Crippen LogP contribution >= 0.6 is 0 Å². The SMILES string of the molecule is CCCCCCCC(C(=O)OC1CC(C)(C)N(C2CCCCCCC2)C(C)(C)C1)C(=O)OC1CC(C)(C)N(C2CCCCCCC2)C(C)(C)C1. The van der Waals surface area contributed by atoms with Crippen LogP contribution in [0.4, 0.5) is 0 Å². The second kappa shape index (κ2) is 18.3. The molecule has 4 aliphatic rings. The first-order valence-corrected chi connectivity index (χ1v) is 21.6. The maximum atomic E-state index is 14.1. The van der Waals surface area contributed by atoms with E-state index in [-0.39, 0.29) is 46.3 Å². The molecule has 2 saturated carbocycles. The van der Waals surface area contributed by atoms with Gasteiger partial charge in [0.05, 0.1) is 0 Å². The summed E-state index contributed by atoms with van der Waals surface area (Å²) in [6.45, 7) is 21.0. The first kappa shape index (κ1) is 41.6. The van der Waals surface area contributed by atoms with Crippen LogP contribution in [0.2, 0.25) is 0 Å². The molecular formula is C44H80N2O4. The Morgan fingerprint density at radius 3 is 1.18 bits per heavy atom. The van der Waals surface area contributed by atoms with Crippen LogP contribution in [-0.2, 0) is 19.1 Å². The molecule has 0 unspecified atom stereocenters. The van der Waals surface area contributed by atoms with E-state index >= 15 is 0 Å². The molecule has 2 saturated heterocycles. The number of hydrogen-bond acceptors (Lipinski definition) is 6. The standard InChI is InChI=1S/C44H80N2O4/c1-10-11-12-15-24-29-38(39(47)49-36-30-41(2,3)45(42(4,5)31-36)34-25-20-16-13-17-21-26-34)40(48)50-37-32-43(6,7)46(44(8,9)33-37)35-27-22-18-14-19-23-28-35/h34-38H,10-33H2,1-9H3. The lowest BCUT2D eigenvalue weighted by molar-refractivity contribution is -0.181. The molecule has 0 atom stereocenters. The van der Waals surface area contributed by atoms with E-state index in [0.29, 0.717) is 18.5 Å². The number of esters is 2. The number of hydrogen-bond donors (Lipinski definition) is 0. The highest BCUT2D eigenvalue weighted by Crippen LogP contribution is 2.45. The van der Waals surface area contributed by atoms with Crippen molar-refractivity contribution < 1.29 is 19.1 Å². The van der Waals surface area contributed by atoms with Gasteiger partial charge < -0.3 is 9.47 Å². The number of piperidine rings is 2. The Kier molecular flexibility index (Phi) is 15.2. The van der Waals surface area contributed by atoms with Crippen LogP contribution < -0.4 is 0 Å². The van der Waals surface area contributed by atoms with Crippen molar-refractivity contribution in [1.82, 2.24) is 9.80 Å². The Morgan fingerprint density at radius 1 is 0.520 bits per heavy atom. The van der Waals surface area contributed by atoms with Crippen LogP contribution in [0, 0.1) is 5.92 Å². The number of nitrogens with zero attached hydrogens (tertiary/aromatic N) is 2. The van der Waals surface area contributed by atoms with Crippen LogP contribution in [0.5, 0.6) is 0 Å². The number of carbonyl (C=O) groups excluding carboxylic acids is 2. The first-order chi connectivity index (χ1) is 23.6. The Morgan fingerprint density at radius 2 is 0.840 bits per heavy atom. The highest BCUT2D eigenvalue weighted by molar-refractivity contribution is 5.95. The van der Waals surface area contributed by atoms with E-state index in [1.165, 1.54) is 103 Å². The number of rotatable bonds is 12. The lowest BCUT2D eigenvalue weighted by Crippen LogP contribution is -2.65. The third kappa shape index (κ3) is 11.2. The van der Waals surface area contributed by atoms with Crippen molar-refractivity contribution in [1.29, 1.82) is 0 Å². The fourth-order valence-electron chi connectivity index (χ4n) is 11.7. The summed E-state index contributed by atoms with van der Waals surface area (Å²) >= 11 is 0. The van der Waals surface area contributed by atoms with Crippen LogP contribution in [0.15, 0.2) is 0 Å². The Hall–Kier alpha value is -1.14. The van der Waals surface area contributed by atoms with Gasteiger partial charge >= 0.3 is 11.9 Å². The van der Waals surface area contributed by atoms with Gasteiger partial charge in [-0.3, -0.25) is 19.4 Å². The summed E-state index contributed by atoms with van der Waals surface area (Å²) in [5, 5.41) is 0. The van der Waals surface area contributed by atoms with Crippen LogP contribution in [0.1, 0.15) is 216 Å². The fraction of sp³-hybridized carbons (Fsp3) is 0.955. The van der Waals surface area contributed by atoms with E-state index < -0.39 is 5.92 Å². The summed E-state index contributed by atoms with van der Waals surface area (Å²) in [5.74, 6) is -1.56. The summed E-state index contributed by atoms with van der Waals surface area (Å²) in [6, 6.07) is 1.16. The number of unbranched alkanes of at least 4 members (excludes halogenated alkanes) is 4. The topological polar surface area (TPSA) is 59.1 Å². The Balaban J connectivity index is 1.44. The average Bonchev–Trinajstić information content (AvgIpc) is 2.94. The number of ether oxygens (including phenoxy) is 2. The minimum absolute atomic E-state index is 0.0890. The summed E-state index contributed by atoms with van der Waals surface area (Å²) in [4.78, 5) is 33.8. The zero-order valence-electron chi connectivity index (χ0n) is 34.4. The number of likely N-dealkylation sites (tertiary alicyclic amines) is 2. The largest absolute Gasteiger partial charge is 0.462 e. The van der Waals surface area contributed by atoms with E-state index in [9.17, 15) is 9.59 Å². The van der Waals surface area contributed by atoms with Crippen molar-refractivity contribution >= 4 is 11.9 Å². The molecule has 6 nitrogen and oxygen atoms in total. The molecule has 2 heterocycles. The Bertz CT molecular complexity index is 938. The summed E-state index contributed by atoms with van der Waals surface area (Å²) in [6.07, 6.45) is 27.1. The van der Waals surface area contributed by atoms with E-state index in [0.717, 1.165) is 44.9 Å². The molecule has 0 N–H and O–H groups in total. The monoisotopic (exact) mass is 701 g/mol.